The number of anilines is 1. The average Bonchev–Trinajstić information content (AvgIpc) is 3.44. The van der Waals surface area contributed by atoms with Gasteiger partial charge in [-0.15, -0.1) is 12.4 Å². The van der Waals surface area contributed by atoms with Crippen LogP contribution < -0.4 is 10.5 Å². The van der Waals surface area contributed by atoms with E-state index in [-0.39, 0.29) is 23.3 Å². The first-order chi connectivity index (χ1) is 13.9. The van der Waals surface area contributed by atoms with Crippen molar-refractivity contribution in [3.8, 4) is 17.3 Å². The van der Waals surface area contributed by atoms with Crippen LogP contribution in [0, 0.1) is 18.3 Å². The maximum absolute atomic E-state index is 12.7. The normalized spacial score (nSPS) is 17.5. The summed E-state index contributed by atoms with van der Waals surface area (Å²) in [5.74, 6) is 0.392. The first kappa shape index (κ1) is 21.8. The molecule has 4 rings (SSSR count). The molecule has 0 radical (unpaired) electrons. The number of nitrogens with one attached hydrogen (secondary N) is 1. The van der Waals surface area contributed by atoms with Crippen LogP contribution in [0.5, 0.6) is 0 Å². The predicted octanol–water partition coefficient (Wildman–Crippen LogP) is 3.97. The smallest absolute Gasteiger partial charge is 0.261 e. The summed E-state index contributed by atoms with van der Waals surface area (Å²) in [6.45, 7) is 1.90. The molecule has 0 amide bonds. The van der Waals surface area contributed by atoms with Crippen molar-refractivity contribution in [1.29, 1.82) is 5.26 Å². The highest BCUT2D eigenvalue weighted by Crippen LogP contribution is 2.39. The van der Waals surface area contributed by atoms with Crippen LogP contribution in [0.2, 0.25) is 0 Å². The molecule has 2 atom stereocenters. The molecule has 1 aromatic heterocycles. The van der Waals surface area contributed by atoms with Gasteiger partial charge in [-0.3, -0.25) is 9.71 Å². The zero-order valence-electron chi connectivity index (χ0n) is 16.2. The molecule has 3 N–H and O–H groups in total. The van der Waals surface area contributed by atoms with E-state index in [1.807, 2.05) is 37.4 Å². The largest absolute Gasteiger partial charge is 0.327 e. The molecular formula is C22H21ClN4O2S. The Morgan fingerprint density at radius 3 is 2.40 bits per heavy atom. The highest BCUT2D eigenvalue weighted by atomic mass is 35.5. The molecule has 3 aromatic rings. The lowest BCUT2D eigenvalue weighted by atomic mass is 10.1. The molecular weight excluding hydrogens is 420 g/mol. The van der Waals surface area contributed by atoms with Crippen LogP contribution in [-0.4, -0.2) is 19.4 Å². The molecule has 0 bridgehead atoms. The third-order valence-corrected chi connectivity index (χ3v) is 6.37. The number of nitriles is 1. The second-order valence-corrected chi connectivity index (χ2v) is 8.99. The minimum atomic E-state index is -3.76. The molecule has 1 heterocycles. The number of hydrogen-bond acceptors (Lipinski definition) is 5. The van der Waals surface area contributed by atoms with Gasteiger partial charge in [-0.2, -0.15) is 5.26 Å². The van der Waals surface area contributed by atoms with Gasteiger partial charge >= 0.3 is 0 Å². The van der Waals surface area contributed by atoms with E-state index in [1.54, 1.807) is 12.1 Å². The predicted molar refractivity (Wildman–Crippen MR) is 119 cm³/mol. The topological polar surface area (TPSA) is 109 Å². The van der Waals surface area contributed by atoms with Gasteiger partial charge < -0.3 is 5.73 Å². The van der Waals surface area contributed by atoms with Crippen LogP contribution in [0.3, 0.4) is 0 Å². The van der Waals surface area contributed by atoms with Crippen LogP contribution in [0.4, 0.5) is 5.69 Å². The van der Waals surface area contributed by atoms with Gasteiger partial charge in [0, 0.05) is 29.4 Å². The van der Waals surface area contributed by atoms with Gasteiger partial charge in [0.25, 0.3) is 10.0 Å². The van der Waals surface area contributed by atoms with Crippen LogP contribution >= 0.6 is 12.4 Å². The van der Waals surface area contributed by atoms with E-state index in [9.17, 15) is 8.42 Å². The lowest BCUT2D eigenvalue weighted by Crippen LogP contribution is -2.13. The summed E-state index contributed by atoms with van der Waals surface area (Å²) in [5, 5.41) is 8.87. The van der Waals surface area contributed by atoms with E-state index in [4.69, 9.17) is 11.0 Å². The summed E-state index contributed by atoms with van der Waals surface area (Å²) in [6, 6.07) is 17.5. The lowest BCUT2D eigenvalue weighted by molar-refractivity contribution is 0.601. The molecule has 1 aliphatic carbocycles. The molecule has 8 heteroatoms. The summed E-state index contributed by atoms with van der Waals surface area (Å²) in [4.78, 5) is 4.64. The van der Waals surface area contributed by atoms with Crippen molar-refractivity contribution in [2.24, 2.45) is 5.73 Å². The quantitative estimate of drug-likeness (QED) is 0.623. The highest BCUT2D eigenvalue weighted by molar-refractivity contribution is 7.92. The van der Waals surface area contributed by atoms with Gasteiger partial charge in [-0.1, -0.05) is 6.07 Å². The second-order valence-electron chi connectivity index (χ2n) is 7.31. The van der Waals surface area contributed by atoms with Crippen molar-refractivity contribution in [2.45, 2.75) is 30.2 Å². The second kappa shape index (κ2) is 8.44. The molecule has 1 fully saturated rings. The lowest BCUT2D eigenvalue weighted by Gasteiger charge is -2.11. The van der Waals surface area contributed by atoms with Gasteiger partial charge in [0.05, 0.1) is 22.2 Å². The van der Waals surface area contributed by atoms with Crippen LogP contribution in [0.1, 0.15) is 29.0 Å². The van der Waals surface area contributed by atoms with Gasteiger partial charge in [-0.25, -0.2) is 8.42 Å². The molecule has 154 valence electrons. The van der Waals surface area contributed by atoms with Crippen molar-refractivity contribution in [2.75, 3.05) is 4.72 Å². The van der Waals surface area contributed by atoms with Gasteiger partial charge in [0.15, 0.2) is 0 Å². The minimum Gasteiger partial charge on any atom is -0.327 e. The molecule has 2 aromatic carbocycles. The number of halogens is 1. The van der Waals surface area contributed by atoms with Crippen LogP contribution in [0.25, 0.3) is 11.3 Å². The number of sulfonamides is 1. The Hall–Kier alpha value is -2.92. The SMILES string of the molecule is Cc1cc(NS(=O)(=O)c2ccc(C#N)cc2)cc(-c2ccc([C@H]3C[C@@H]3N)cn2)c1.Cl. The fourth-order valence-electron chi connectivity index (χ4n) is 3.31. The number of pyridine rings is 1. The molecule has 6 nitrogen and oxygen atoms in total. The number of nitrogens with zero attached hydrogens (tertiary/aromatic N) is 2. The zero-order chi connectivity index (χ0) is 20.6. The zero-order valence-corrected chi connectivity index (χ0v) is 17.9. The number of hydrogen-bond donors (Lipinski definition) is 2. The van der Waals surface area contributed by atoms with Crippen molar-refractivity contribution >= 4 is 28.1 Å². The third-order valence-electron chi connectivity index (χ3n) is 4.97. The summed E-state index contributed by atoms with van der Waals surface area (Å²) >= 11 is 0. The Balaban J connectivity index is 0.00000256. The Kier molecular flexibility index (Phi) is 6.13. The van der Waals surface area contributed by atoms with Crippen molar-refractivity contribution < 1.29 is 8.42 Å². The first-order valence-electron chi connectivity index (χ1n) is 9.22. The molecule has 1 aliphatic rings. The molecule has 0 spiro atoms. The fraction of sp³-hybridized carbons (Fsp3) is 0.182. The first-order valence-corrected chi connectivity index (χ1v) is 10.7. The van der Waals surface area contributed by atoms with Crippen molar-refractivity contribution in [3.05, 3.63) is 77.5 Å². The standard InChI is InChI=1S/C22H20N4O2S.ClH/c1-14-8-17(22-7-4-16(13-25-22)20-11-21(20)24)10-18(9-14)26-29(27,28)19-5-2-15(12-23)3-6-19;/h2-10,13,20-21,26H,11,24H2,1H3;1H/t20-,21+;/m1./s1. The maximum Gasteiger partial charge on any atom is 0.261 e. The fourth-order valence-corrected chi connectivity index (χ4v) is 4.35. The van der Waals surface area contributed by atoms with Gasteiger partial charge in [0.1, 0.15) is 0 Å². The number of nitrogens with two attached hydrogens (primary N) is 1. The Morgan fingerprint density at radius 1 is 1.13 bits per heavy atom. The van der Waals surface area contributed by atoms with E-state index in [0.717, 1.165) is 28.8 Å². The summed E-state index contributed by atoms with van der Waals surface area (Å²) in [6.07, 6.45) is 2.84. The maximum atomic E-state index is 12.7. The van der Waals surface area contributed by atoms with Gasteiger partial charge in [-0.05, 0) is 73.0 Å². The van der Waals surface area contributed by atoms with E-state index < -0.39 is 10.0 Å². The summed E-state index contributed by atoms with van der Waals surface area (Å²) in [5.41, 5.74) is 10.4. The monoisotopic (exact) mass is 440 g/mol. The number of benzene rings is 2. The minimum absolute atomic E-state index is 0. The number of rotatable bonds is 5. The van der Waals surface area contributed by atoms with E-state index in [0.29, 0.717) is 17.2 Å². The highest BCUT2D eigenvalue weighted by Gasteiger charge is 2.34. The third kappa shape index (κ3) is 4.62. The Morgan fingerprint density at radius 2 is 1.83 bits per heavy atom. The van der Waals surface area contributed by atoms with E-state index >= 15 is 0 Å². The number of aromatic nitrogens is 1. The van der Waals surface area contributed by atoms with E-state index in [1.165, 1.54) is 24.3 Å². The summed E-state index contributed by atoms with van der Waals surface area (Å²) in [7, 11) is -3.76. The Bertz CT molecular complexity index is 1200. The Labute approximate surface area is 182 Å². The molecule has 30 heavy (non-hydrogen) atoms. The summed E-state index contributed by atoms with van der Waals surface area (Å²) < 4.78 is 28.0. The average molecular weight is 441 g/mol. The van der Waals surface area contributed by atoms with Crippen molar-refractivity contribution in [3.63, 3.8) is 0 Å². The molecule has 0 saturated heterocycles. The molecule has 0 unspecified atom stereocenters. The van der Waals surface area contributed by atoms with Crippen molar-refractivity contribution in [1.82, 2.24) is 4.98 Å². The molecule has 1 saturated carbocycles. The van der Waals surface area contributed by atoms with Gasteiger partial charge in [0.2, 0.25) is 0 Å². The molecule has 0 aliphatic heterocycles. The van der Waals surface area contributed by atoms with Crippen LogP contribution in [-0.2, 0) is 10.0 Å². The van der Waals surface area contributed by atoms with E-state index in [2.05, 4.69) is 9.71 Å². The van der Waals surface area contributed by atoms with Crippen LogP contribution in [0.15, 0.2) is 65.7 Å². The number of aryl methyl sites for hydroxylation is 1.